The molecule has 0 bridgehead atoms. The number of ether oxygens (including phenoxy) is 2. The van der Waals surface area contributed by atoms with Gasteiger partial charge in [0.05, 0.1) is 13.2 Å². The topological polar surface area (TPSA) is 76.7 Å². The summed E-state index contributed by atoms with van der Waals surface area (Å²) in [6.45, 7) is 7.83. The Kier molecular flexibility index (Phi) is 13.2. The van der Waals surface area contributed by atoms with Gasteiger partial charge in [-0.25, -0.2) is 0 Å². The van der Waals surface area contributed by atoms with Crippen molar-refractivity contribution in [1.82, 2.24) is 10.6 Å². The quantitative estimate of drug-likeness (QED) is 0.394. The summed E-state index contributed by atoms with van der Waals surface area (Å²) >= 11 is 1.64. The van der Waals surface area contributed by atoms with Gasteiger partial charge in [0, 0.05) is 18.6 Å². The zero-order valence-electron chi connectivity index (χ0n) is 14.9. The molecule has 0 atom stereocenters. The molecule has 0 aromatic carbocycles. The van der Waals surface area contributed by atoms with Crippen molar-refractivity contribution in [2.75, 3.05) is 38.7 Å². The van der Waals surface area contributed by atoms with E-state index in [0.717, 1.165) is 18.6 Å². The summed E-state index contributed by atoms with van der Waals surface area (Å²) < 4.78 is 10.6. The van der Waals surface area contributed by atoms with Crippen molar-refractivity contribution in [3.63, 3.8) is 0 Å². The van der Waals surface area contributed by atoms with Gasteiger partial charge in [-0.1, -0.05) is 20.8 Å². The molecule has 23 heavy (non-hydrogen) atoms. The van der Waals surface area contributed by atoms with Gasteiger partial charge in [-0.15, -0.1) is 0 Å². The maximum absolute atomic E-state index is 11.5. The minimum Gasteiger partial charge on any atom is -0.361 e. The van der Waals surface area contributed by atoms with Gasteiger partial charge in [-0.3, -0.25) is 9.59 Å². The highest BCUT2D eigenvalue weighted by atomic mass is 32.2. The Morgan fingerprint density at radius 3 is 1.96 bits per heavy atom. The average Bonchev–Trinajstić information content (AvgIpc) is 2.48. The predicted octanol–water partition coefficient (Wildman–Crippen LogP) is 2.14. The van der Waals surface area contributed by atoms with Crippen molar-refractivity contribution < 1.29 is 19.1 Å². The van der Waals surface area contributed by atoms with Gasteiger partial charge in [-0.2, -0.15) is 11.8 Å². The lowest BCUT2D eigenvalue weighted by Crippen LogP contribution is -2.28. The Morgan fingerprint density at radius 1 is 0.957 bits per heavy atom. The third-order valence-electron chi connectivity index (χ3n) is 2.96. The zero-order valence-corrected chi connectivity index (χ0v) is 15.7. The predicted molar refractivity (Wildman–Crippen MR) is 94.2 cm³/mol. The molecule has 0 aliphatic heterocycles. The first-order chi connectivity index (χ1) is 10.8. The van der Waals surface area contributed by atoms with E-state index in [1.165, 1.54) is 0 Å². The maximum Gasteiger partial charge on any atom is 0.222 e. The van der Waals surface area contributed by atoms with Crippen LogP contribution in [0.5, 0.6) is 0 Å². The van der Waals surface area contributed by atoms with Crippen LogP contribution in [-0.2, 0) is 19.1 Å². The van der Waals surface area contributed by atoms with Gasteiger partial charge in [0.2, 0.25) is 11.8 Å². The van der Waals surface area contributed by atoms with E-state index >= 15 is 0 Å². The maximum atomic E-state index is 11.5. The van der Waals surface area contributed by atoms with Gasteiger partial charge in [0.25, 0.3) is 0 Å². The number of amides is 2. The van der Waals surface area contributed by atoms with E-state index in [1.54, 1.807) is 11.8 Å². The molecule has 0 fully saturated rings. The first kappa shape index (κ1) is 22.2. The normalized spacial score (nSPS) is 11.3. The fourth-order valence-corrected chi connectivity index (χ4v) is 1.92. The first-order valence-corrected chi connectivity index (χ1v) is 9.42. The highest BCUT2D eigenvalue weighted by Crippen LogP contribution is 2.20. The molecule has 0 aliphatic rings. The van der Waals surface area contributed by atoms with Gasteiger partial charge < -0.3 is 20.1 Å². The second-order valence-electron chi connectivity index (χ2n) is 6.46. The van der Waals surface area contributed by atoms with Crippen molar-refractivity contribution in [2.45, 2.75) is 46.5 Å². The number of hydrogen-bond donors (Lipinski definition) is 2. The van der Waals surface area contributed by atoms with E-state index in [4.69, 9.17) is 9.47 Å². The molecule has 0 aromatic rings. The smallest absolute Gasteiger partial charge is 0.222 e. The summed E-state index contributed by atoms with van der Waals surface area (Å²) in [6, 6.07) is 0. The van der Waals surface area contributed by atoms with E-state index in [-0.39, 0.29) is 30.7 Å². The second kappa shape index (κ2) is 13.6. The molecule has 6 nitrogen and oxygen atoms in total. The van der Waals surface area contributed by atoms with Crippen molar-refractivity contribution in [1.29, 1.82) is 0 Å². The van der Waals surface area contributed by atoms with Crippen LogP contribution in [0.2, 0.25) is 0 Å². The number of thioether (sulfide) groups is 1. The van der Waals surface area contributed by atoms with Crippen LogP contribution < -0.4 is 10.6 Å². The summed E-state index contributed by atoms with van der Waals surface area (Å²) in [4.78, 5) is 22.8. The standard InChI is InChI=1S/C16H32N2O4S/c1-16(2,3)8-6-14(19)17-12-21-9-5-10-22-13-18-15(20)7-11-23-4/h5-13H2,1-4H3,(H,17,19)(H,18,20). The number of nitrogens with one attached hydrogen (secondary N) is 2. The minimum absolute atomic E-state index is 0.00793. The van der Waals surface area contributed by atoms with Crippen LogP contribution in [0.25, 0.3) is 0 Å². The fourth-order valence-electron chi connectivity index (χ4n) is 1.53. The zero-order chi connectivity index (χ0) is 17.6. The lowest BCUT2D eigenvalue weighted by Gasteiger charge is -2.17. The van der Waals surface area contributed by atoms with E-state index < -0.39 is 0 Å². The van der Waals surface area contributed by atoms with Gasteiger partial charge >= 0.3 is 0 Å². The van der Waals surface area contributed by atoms with Crippen LogP contribution in [0.3, 0.4) is 0 Å². The molecule has 0 aliphatic carbocycles. The molecule has 7 heteroatoms. The van der Waals surface area contributed by atoms with E-state index in [2.05, 4.69) is 31.4 Å². The lowest BCUT2D eigenvalue weighted by molar-refractivity contribution is -0.123. The fraction of sp³-hybridized carbons (Fsp3) is 0.875. The van der Waals surface area contributed by atoms with Crippen LogP contribution in [0.15, 0.2) is 0 Å². The number of hydrogen-bond acceptors (Lipinski definition) is 5. The lowest BCUT2D eigenvalue weighted by atomic mass is 9.90. The first-order valence-electron chi connectivity index (χ1n) is 8.03. The van der Waals surface area contributed by atoms with E-state index in [0.29, 0.717) is 26.1 Å². The molecule has 2 N–H and O–H groups in total. The third-order valence-corrected chi connectivity index (χ3v) is 3.57. The van der Waals surface area contributed by atoms with E-state index in [9.17, 15) is 9.59 Å². The molecule has 0 radical (unpaired) electrons. The molecule has 0 heterocycles. The molecule has 0 aromatic heterocycles. The van der Waals surface area contributed by atoms with Crippen LogP contribution in [0, 0.1) is 5.41 Å². The minimum atomic E-state index is 0.00793. The average molecular weight is 349 g/mol. The molecular weight excluding hydrogens is 316 g/mol. The Labute approximate surface area is 144 Å². The van der Waals surface area contributed by atoms with Crippen molar-refractivity contribution in [3.8, 4) is 0 Å². The molecule has 0 saturated heterocycles. The largest absolute Gasteiger partial charge is 0.361 e. The Morgan fingerprint density at radius 2 is 1.48 bits per heavy atom. The number of rotatable bonds is 13. The summed E-state index contributed by atoms with van der Waals surface area (Å²) in [7, 11) is 0. The van der Waals surface area contributed by atoms with Crippen molar-refractivity contribution in [3.05, 3.63) is 0 Å². The van der Waals surface area contributed by atoms with Crippen LogP contribution >= 0.6 is 11.8 Å². The summed E-state index contributed by atoms with van der Waals surface area (Å²) in [5, 5.41) is 5.42. The highest BCUT2D eigenvalue weighted by Gasteiger charge is 2.12. The van der Waals surface area contributed by atoms with Crippen LogP contribution in [0.1, 0.15) is 46.5 Å². The Balaban J connectivity index is 3.30. The molecule has 0 rings (SSSR count). The number of carbonyl (C=O) groups is 2. The SMILES string of the molecule is CSCCC(=O)NCOCCCOCNC(=O)CCC(C)(C)C. The molecule has 0 saturated carbocycles. The van der Waals surface area contributed by atoms with E-state index in [1.807, 2.05) is 6.26 Å². The molecule has 0 unspecified atom stereocenters. The monoisotopic (exact) mass is 348 g/mol. The summed E-state index contributed by atoms with van der Waals surface area (Å²) in [5.74, 6) is 0.846. The summed E-state index contributed by atoms with van der Waals surface area (Å²) in [6.07, 6.45) is 4.58. The van der Waals surface area contributed by atoms with Gasteiger partial charge in [0.1, 0.15) is 13.5 Å². The summed E-state index contributed by atoms with van der Waals surface area (Å²) in [5.41, 5.74) is 0.167. The highest BCUT2D eigenvalue weighted by molar-refractivity contribution is 7.98. The third kappa shape index (κ3) is 17.4. The number of carbonyl (C=O) groups excluding carboxylic acids is 2. The Bertz CT molecular complexity index is 333. The molecule has 2 amide bonds. The van der Waals surface area contributed by atoms with Crippen molar-refractivity contribution >= 4 is 23.6 Å². The molecule has 0 spiro atoms. The van der Waals surface area contributed by atoms with Gasteiger partial charge in [-0.05, 0) is 24.5 Å². The van der Waals surface area contributed by atoms with Crippen LogP contribution in [-0.4, -0.2) is 50.5 Å². The Hall–Kier alpha value is -0.790. The molecular formula is C16H32N2O4S. The molecule has 136 valence electrons. The second-order valence-corrected chi connectivity index (χ2v) is 7.45. The van der Waals surface area contributed by atoms with Gasteiger partial charge in [0.15, 0.2) is 0 Å². The van der Waals surface area contributed by atoms with Crippen LogP contribution in [0.4, 0.5) is 0 Å². The van der Waals surface area contributed by atoms with Crippen molar-refractivity contribution in [2.24, 2.45) is 5.41 Å².